The van der Waals surface area contributed by atoms with Crippen LogP contribution in [-0.4, -0.2) is 42.6 Å². The summed E-state index contributed by atoms with van der Waals surface area (Å²) in [5.41, 5.74) is 4.62. The number of nitrogens with zero attached hydrogens (tertiary/aromatic N) is 2. The molecule has 2 heterocycles. The number of amides is 2. The van der Waals surface area contributed by atoms with Crippen LogP contribution in [0.5, 0.6) is 0 Å². The lowest BCUT2D eigenvalue weighted by Gasteiger charge is -2.20. The first-order chi connectivity index (χ1) is 15.3. The van der Waals surface area contributed by atoms with Crippen LogP contribution in [0, 0.1) is 10.1 Å². The van der Waals surface area contributed by atoms with Gasteiger partial charge in [-0.2, -0.15) is 4.31 Å². The van der Waals surface area contributed by atoms with Crippen LogP contribution in [0.15, 0.2) is 47.4 Å². The second-order valence-corrected chi connectivity index (χ2v) is 10.1. The highest BCUT2D eigenvalue weighted by Crippen LogP contribution is 2.24. The number of benzene rings is 1. The van der Waals surface area contributed by atoms with Gasteiger partial charge < -0.3 is 0 Å². The van der Waals surface area contributed by atoms with E-state index >= 15 is 0 Å². The lowest BCUT2D eigenvalue weighted by atomic mass is 10.2. The van der Waals surface area contributed by atoms with E-state index in [1.807, 2.05) is 0 Å². The smallest absolute Gasteiger partial charge is 0.268 e. The number of rotatable bonds is 6. The first kappa shape index (κ1) is 23.6. The molecule has 10 nitrogen and oxygen atoms in total. The standard InChI is InChI=1S/C20H22N4O6S2/c25-18(11-7-16-8-12-19(31-16)24(27)28)21-22-20(26)15-5-9-17(10-6-15)32(29,30)23-13-3-1-2-4-14-23/h5-12H,1-4,13-14H2,(H,21,25)(H,22,26)/b11-7+. The molecule has 0 atom stereocenters. The van der Waals surface area contributed by atoms with E-state index in [0.29, 0.717) is 18.0 Å². The predicted octanol–water partition coefficient (Wildman–Crippen LogP) is 2.70. The molecule has 170 valence electrons. The quantitative estimate of drug-likeness (QED) is 0.372. The second-order valence-electron chi connectivity index (χ2n) is 7.05. The molecule has 0 unspecified atom stereocenters. The van der Waals surface area contributed by atoms with Crippen LogP contribution in [-0.2, 0) is 14.8 Å². The fraction of sp³-hybridized carbons (Fsp3) is 0.300. The summed E-state index contributed by atoms with van der Waals surface area (Å²) in [5.74, 6) is -1.24. The molecule has 2 N–H and O–H groups in total. The summed E-state index contributed by atoms with van der Waals surface area (Å²) in [6, 6.07) is 8.36. The minimum atomic E-state index is -3.61. The van der Waals surface area contributed by atoms with Crippen molar-refractivity contribution in [3.05, 3.63) is 63.0 Å². The molecule has 3 rings (SSSR count). The van der Waals surface area contributed by atoms with Gasteiger partial charge in [-0.1, -0.05) is 24.2 Å². The van der Waals surface area contributed by atoms with E-state index in [9.17, 15) is 28.1 Å². The zero-order valence-corrected chi connectivity index (χ0v) is 18.7. The highest BCUT2D eigenvalue weighted by atomic mass is 32.2. The fourth-order valence-corrected chi connectivity index (χ4v) is 5.37. The number of hydrazine groups is 1. The molecule has 2 amide bonds. The van der Waals surface area contributed by atoms with Crippen molar-refractivity contribution in [2.75, 3.05) is 13.1 Å². The largest absolute Gasteiger partial charge is 0.324 e. The average Bonchev–Trinajstić information content (AvgIpc) is 3.09. The van der Waals surface area contributed by atoms with E-state index in [-0.39, 0.29) is 15.5 Å². The maximum absolute atomic E-state index is 12.8. The molecule has 32 heavy (non-hydrogen) atoms. The van der Waals surface area contributed by atoms with Gasteiger partial charge in [0.25, 0.3) is 11.8 Å². The Balaban J connectivity index is 1.55. The van der Waals surface area contributed by atoms with Crippen LogP contribution < -0.4 is 10.9 Å². The van der Waals surface area contributed by atoms with Crippen LogP contribution in [0.25, 0.3) is 6.08 Å². The molecule has 1 aromatic heterocycles. The molecule has 0 spiro atoms. The first-order valence-corrected chi connectivity index (χ1v) is 12.2. The van der Waals surface area contributed by atoms with E-state index in [2.05, 4.69) is 10.9 Å². The summed E-state index contributed by atoms with van der Waals surface area (Å²) >= 11 is 0.913. The van der Waals surface area contributed by atoms with Crippen LogP contribution >= 0.6 is 11.3 Å². The minimum absolute atomic E-state index is 0.0420. The highest BCUT2D eigenvalue weighted by Gasteiger charge is 2.25. The first-order valence-electron chi connectivity index (χ1n) is 9.90. The van der Waals surface area contributed by atoms with Crippen molar-refractivity contribution >= 4 is 44.3 Å². The van der Waals surface area contributed by atoms with Gasteiger partial charge in [0, 0.05) is 35.7 Å². The molecule has 1 aromatic carbocycles. The van der Waals surface area contributed by atoms with Gasteiger partial charge in [0.2, 0.25) is 10.0 Å². The third kappa shape index (κ3) is 5.99. The Labute approximate surface area is 189 Å². The van der Waals surface area contributed by atoms with E-state index in [0.717, 1.165) is 43.1 Å². The molecule has 1 aliphatic heterocycles. The lowest BCUT2D eigenvalue weighted by Crippen LogP contribution is -2.40. The average molecular weight is 479 g/mol. The summed E-state index contributed by atoms with van der Waals surface area (Å²) in [5, 5.41) is 10.6. The van der Waals surface area contributed by atoms with E-state index in [1.54, 1.807) is 0 Å². The van der Waals surface area contributed by atoms with Crippen molar-refractivity contribution < 1.29 is 22.9 Å². The van der Waals surface area contributed by atoms with Crippen molar-refractivity contribution in [2.45, 2.75) is 30.6 Å². The summed E-state index contributed by atoms with van der Waals surface area (Å²) in [4.78, 5) is 34.9. The molecule has 0 radical (unpaired) electrons. The van der Waals surface area contributed by atoms with Gasteiger partial charge in [0.05, 0.1) is 9.82 Å². The van der Waals surface area contributed by atoms with Crippen molar-refractivity contribution in [1.82, 2.24) is 15.2 Å². The van der Waals surface area contributed by atoms with Crippen molar-refractivity contribution in [3.63, 3.8) is 0 Å². The Hall–Kier alpha value is -3.09. The fourth-order valence-electron chi connectivity index (χ4n) is 3.13. The number of carbonyl (C=O) groups excluding carboxylic acids is 2. The molecular weight excluding hydrogens is 456 g/mol. The number of hydrogen-bond acceptors (Lipinski definition) is 7. The summed E-state index contributed by atoms with van der Waals surface area (Å²) in [7, 11) is -3.61. The number of nitro groups is 1. The predicted molar refractivity (Wildman–Crippen MR) is 119 cm³/mol. The summed E-state index contributed by atoms with van der Waals surface area (Å²) in [6.45, 7) is 0.978. The Morgan fingerprint density at radius 3 is 2.25 bits per heavy atom. The van der Waals surface area contributed by atoms with Gasteiger partial charge in [-0.3, -0.25) is 30.6 Å². The van der Waals surface area contributed by atoms with Crippen molar-refractivity contribution in [3.8, 4) is 0 Å². The SMILES string of the molecule is O=C(/C=C/c1ccc([N+](=O)[O-])s1)NNC(=O)c1ccc(S(=O)(=O)N2CCCCCC2)cc1. The summed E-state index contributed by atoms with van der Waals surface area (Å²) < 4.78 is 27.1. The maximum Gasteiger partial charge on any atom is 0.324 e. The molecular formula is C20H22N4O6S2. The molecule has 0 bridgehead atoms. The Bertz CT molecular complexity index is 1120. The lowest BCUT2D eigenvalue weighted by molar-refractivity contribution is -0.380. The van der Waals surface area contributed by atoms with Crippen LogP contribution in [0.4, 0.5) is 5.00 Å². The zero-order valence-electron chi connectivity index (χ0n) is 17.0. The van der Waals surface area contributed by atoms with E-state index in [4.69, 9.17) is 0 Å². The monoisotopic (exact) mass is 478 g/mol. The van der Waals surface area contributed by atoms with Gasteiger partial charge in [0.1, 0.15) is 0 Å². The molecule has 1 saturated heterocycles. The van der Waals surface area contributed by atoms with Crippen molar-refractivity contribution in [1.29, 1.82) is 0 Å². The van der Waals surface area contributed by atoms with Gasteiger partial charge in [0.15, 0.2) is 0 Å². The maximum atomic E-state index is 12.8. The third-order valence-corrected chi connectivity index (χ3v) is 7.73. The molecule has 1 aliphatic rings. The zero-order chi connectivity index (χ0) is 23.1. The number of hydrogen-bond donors (Lipinski definition) is 2. The molecule has 12 heteroatoms. The second kappa shape index (κ2) is 10.5. The topological polar surface area (TPSA) is 139 Å². The Morgan fingerprint density at radius 2 is 1.66 bits per heavy atom. The van der Waals surface area contributed by atoms with Crippen molar-refractivity contribution in [2.24, 2.45) is 0 Å². The van der Waals surface area contributed by atoms with Gasteiger partial charge in [-0.25, -0.2) is 8.42 Å². The van der Waals surface area contributed by atoms with Gasteiger partial charge in [-0.05, 0) is 49.2 Å². The summed E-state index contributed by atoms with van der Waals surface area (Å²) in [6.07, 6.45) is 6.21. The van der Waals surface area contributed by atoms with Crippen LogP contribution in [0.3, 0.4) is 0 Å². The highest BCUT2D eigenvalue weighted by molar-refractivity contribution is 7.89. The molecule has 2 aromatic rings. The van der Waals surface area contributed by atoms with Crippen LogP contribution in [0.2, 0.25) is 0 Å². The third-order valence-electron chi connectivity index (χ3n) is 4.81. The van der Waals surface area contributed by atoms with E-state index in [1.165, 1.54) is 46.8 Å². The normalized spacial score (nSPS) is 15.2. The van der Waals surface area contributed by atoms with Crippen LogP contribution in [0.1, 0.15) is 40.9 Å². The number of sulfonamides is 1. The minimum Gasteiger partial charge on any atom is -0.268 e. The van der Waals surface area contributed by atoms with Gasteiger partial charge in [-0.15, -0.1) is 0 Å². The molecule has 0 aliphatic carbocycles. The number of nitrogens with one attached hydrogen (secondary N) is 2. The number of thiophene rings is 1. The molecule has 1 fully saturated rings. The Kier molecular flexibility index (Phi) is 7.72. The van der Waals surface area contributed by atoms with E-state index < -0.39 is 26.8 Å². The van der Waals surface area contributed by atoms with Gasteiger partial charge >= 0.3 is 5.00 Å². The molecule has 0 saturated carbocycles. The number of carbonyl (C=O) groups is 2. The Morgan fingerprint density at radius 1 is 1.00 bits per heavy atom.